The first-order valence-corrected chi connectivity index (χ1v) is 6.94. The second-order valence-corrected chi connectivity index (χ2v) is 5.16. The molecule has 1 unspecified atom stereocenters. The molecule has 7 nitrogen and oxygen atoms in total. The van der Waals surface area contributed by atoms with Gasteiger partial charge in [0.1, 0.15) is 4.90 Å². The molecule has 0 radical (unpaired) electrons. The minimum Gasteiger partial charge on any atom is -0.463 e. The number of ether oxygens (including phenoxy) is 2. The molecule has 104 valence electrons. The van der Waals surface area contributed by atoms with Crippen LogP contribution in [0.3, 0.4) is 0 Å². The Hall–Kier alpha value is -1.61. The van der Waals surface area contributed by atoms with Crippen molar-refractivity contribution in [2.24, 2.45) is 0 Å². The van der Waals surface area contributed by atoms with Crippen LogP contribution in [0.15, 0.2) is 16.3 Å². The van der Waals surface area contributed by atoms with Gasteiger partial charge in [0.15, 0.2) is 0 Å². The van der Waals surface area contributed by atoms with Gasteiger partial charge < -0.3 is 9.47 Å². The van der Waals surface area contributed by atoms with Gasteiger partial charge in [0.25, 0.3) is 0 Å². The van der Waals surface area contributed by atoms with Crippen LogP contribution in [0.1, 0.15) is 13.8 Å². The summed E-state index contributed by atoms with van der Waals surface area (Å²) >= 11 is 1.71. The molecule has 0 aliphatic carbocycles. The molecule has 1 aromatic heterocycles. The number of carbonyl (C=O) groups is 2. The zero-order valence-corrected chi connectivity index (χ0v) is 11.8. The zero-order valence-electron chi connectivity index (χ0n) is 10.2. The van der Waals surface area contributed by atoms with Crippen LogP contribution < -0.4 is 0 Å². The van der Waals surface area contributed by atoms with Gasteiger partial charge in [-0.05, 0) is 18.4 Å². The number of hydrogen-bond donors (Lipinski definition) is 0. The fourth-order valence-corrected chi connectivity index (χ4v) is 2.99. The van der Waals surface area contributed by atoms with Crippen molar-refractivity contribution >= 4 is 40.0 Å². The van der Waals surface area contributed by atoms with Crippen LogP contribution in [0.2, 0.25) is 0 Å². The Bertz CT molecular complexity index is 486. The van der Waals surface area contributed by atoms with E-state index in [1.165, 1.54) is 11.4 Å². The van der Waals surface area contributed by atoms with Crippen LogP contribution in [0.5, 0.6) is 0 Å². The number of hydrogen-bond acceptors (Lipinski definition) is 8. The van der Waals surface area contributed by atoms with Gasteiger partial charge in [-0.25, -0.2) is 4.79 Å². The first kappa shape index (κ1) is 15.4. The van der Waals surface area contributed by atoms with E-state index in [1.54, 1.807) is 6.92 Å². The van der Waals surface area contributed by atoms with Gasteiger partial charge in [-0.15, -0.1) is 0 Å². The van der Waals surface area contributed by atoms with E-state index in [2.05, 4.69) is 0 Å². The third kappa shape index (κ3) is 4.52. The van der Waals surface area contributed by atoms with Crippen molar-refractivity contribution in [3.63, 3.8) is 0 Å². The largest absolute Gasteiger partial charge is 0.463 e. The molecular weight excluding hydrogens is 294 g/mol. The van der Waals surface area contributed by atoms with Gasteiger partial charge in [0, 0.05) is 6.92 Å². The van der Waals surface area contributed by atoms with Crippen LogP contribution >= 0.6 is 23.1 Å². The molecule has 0 saturated carbocycles. The van der Waals surface area contributed by atoms with Crippen LogP contribution in [0.4, 0.5) is 5.00 Å². The quantitative estimate of drug-likeness (QED) is 0.261. The summed E-state index contributed by atoms with van der Waals surface area (Å²) in [6.45, 7) is 2.89. The van der Waals surface area contributed by atoms with Gasteiger partial charge >= 0.3 is 16.9 Å². The van der Waals surface area contributed by atoms with E-state index in [0.717, 1.165) is 30.0 Å². The number of nitrogens with zero attached hydrogens (tertiary/aromatic N) is 1. The lowest BCUT2D eigenvalue weighted by Crippen LogP contribution is -2.25. The Morgan fingerprint density at radius 1 is 1.58 bits per heavy atom. The zero-order chi connectivity index (χ0) is 14.4. The normalized spacial score (nSPS) is 11.7. The van der Waals surface area contributed by atoms with E-state index in [1.807, 2.05) is 0 Å². The molecule has 0 spiro atoms. The highest BCUT2D eigenvalue weighted by Gasteiger charge is 2.28. The smallest absolute Gasteiger partial charge is 0.358 e. The second kappa shape index (κ2) is 7.10. The first-order chi connectivity index (χ1) is 8.95. The molecular formula is C10H11NO6S2. The average molecular weight is 305 g/mol. The molecule has 1 rings (SSSR count). The molecule has 0 bridgehead atoms. The Labute approximate surface area is 117 Å². The predicted molar refractivity (Wildman–Crippen MR) is 69.0 cm³/mol. The number of carbonyl (C=O) groups excluding carboxylic acids is 2. The number of thioether (sulfide) groups is 1. The Kier molecular flexibility index (Phi) is 5.77. The summed E-state index contributed by atoms with van der Waals surface area (Å²) in [6.07, 6.45) is 0. The molecule has 0 fully saturated rings. The highest BCUT2D eigenvalue weighted by Crippen LogP contribution is 2.37. The molecule has 0 amide bonds. The first-order valence-electron chi connectivity index (χ1n) is 5.18. The van der Waals surface area contributed by atoms with E-state index in [0.29, 0.717) is 0 Å². The number of thiophene rings is 1. The van der Waals surface area contributed by atoms with Gasteiger partial charge in [0.2, 0.25) is 5.44 Å². The highest BCUT2D eigenvalue weighted by molar-refractivity contribution is 8.00. The van der Waals surface area contributed by atoms with Gasteiger partial charge in [-0.3, -0.25) is 14.9 Å². The molecule has 1 atom stereocenters. The third-order valence-electron chi connectivity index (χ3n) is 1.76. The minimum absolute atomic E-state index is 0.105. The molecule has 0 aliphatic rings. The minimum atomic E-state index is -1.24. The van der Waals surface area contributed by atoms with Crippen molar-refractivity contribution in [1.29, 1.82) is 0 Å². The molecule has 1 heterocycles. The monoisotopic (exact) mass is 305 g/mol. The fraction of sp³-hybridized carbons (Fsp3) is 0.400. The van der Waals surface area contributed by atoms with Crippen LogP contribution in [0, 0.1) is 10.1 Å². The molecule has 0 saturated heterocycles. The number of nitro groups is 1. The van der Waals surface area contributed by atoms with Crippen molar-refractivity contribution in [2.75, 3.05) is 6.61 Å². The van der Waals surface area contributed by atoms with Crippen molar-refractivity contribution in [2.45, 2.75) is 24.2 Å². The Balaban J connectivity index is 2.87. The summed E-state index contributed by atoms with van der Waals surface area (Å²) in [4.78, 5) is 33.0. The van der Waals surface area contributed by atoms with E-state index in [9.17, 15) is 19.7 Å². The summed E-state index contributed by atoms with van der Waals surface area (Å²) < 4.78 is 9.55. The van der Waals surface area contributed by atoms with E-state index in [-0.39, 0.29) is 16.5 Å². The summed E-state index contributed by atoms with van der Waals surface area (Å²) in [7, 11) is 0. The fourth-order valence-electron chi connectivity index (χ4n) is 1.11. The van der Waals surface area contributed by atoms with Gasteiger partial charge in [-0.1, -0.05) is 23.1 Å². The second-order valence-electron chi connectivity index (χ2n) is 3.16. The standard InChI is InChI=1S/C10H11NO6S2/c1-3-16-9(13)10(17-6(2)12)19-7-4-5-18-8(7)11(14)15/h4-5,10H,3H2,1-2H3. The molecule has 0 aliphatic heterocycles. The van der Waals surface area contributed by atoms with E-state index in [4.69, 9.17) is 9.47 Å². The molecule has 9 heteroatoms. The Morgan fingerprint density at radius 2 is 2.26 bits per heavy atom. The van der Waals surface area contributed by atoms with Gasteiger partial charge in [0.05, 0.1) is 11.5 Å². The number of rotatable bonds is 6. The average Bonchev–Trinajstić information content (AvgIpc) is 2.76. The summed E-state index contributed by atoms with van der Waals surface area (Å²) in [5.41, 5.74) is -1.24. The highest BCUT2D eigenvalue weighted by atomic mass is 32.2. The Morgan fingerprint density at radius 3 is 2.79 bits per heavy atom. The van der Waals surface area contributed by atoms with Gasteiger partial charge in [-0.2, -0.15) is 0 Å². The molecule has 1 aromatic rings. The van der Waals surface area contributed by atoms with E-state index < -0.39 is 22.3 Å². The van der Waals surface area contributed by atoms with E-state index >= 15 is 0 Å². The van der Waals surface area contributed by atoms with Crippen molar-refractivity contribution in [3.05, 3.63) is 21.6 Å². The maximum absolute atomic E-state index is 11.6. The predicted octanol–water partition coefficient (Wildman–Crippen LogP) is 2.20. The lowest BCUT2D eigenvalue weighted by Gasteiger charge is -2.13. The molecule has 0 N–H and O–H groups in total. The SMILES string of the molecule is CCOC(=O)C(OC(C)=O)Sc1ccsc1[N+](=O)[O-]. The van der Waals surface area contributed by atoms with Crippen molar-refractivity contribution < 1.29 is 24.0 Å². The maximum Gasteiger partial charge on any atom is 0.358 e. The van der Waals surface area contributed by atoms with Crippen molar-refractivity contribution in [1.82, 2.24) is 0 Å². The molecule has 19 heavy (non-hydrogen) atoms. The third-order valence-corrected chi connectivity index (χ3v) is 3.84. The molecule has 0 aromatic carbocycles. The summed E-state index contributed by atoms with van der Waals surface area (Å²) in [5, 5.41) is 12.2. The van der Waals surface area contributed by atoms with Crippen LogP contribution in [-0.4, -0.2) is 28.9 Å². The number of esters is 2. The lowest BCUT2D eigenvalue weighted by molar-refractivity contribution is -0.382. The maximum atomic E-state index is 11.6. The van der Waals surface area contributed by atoms with Crippen molar-refractivity contribution in [3.8, 4) is 0 Å². The van der Waals surface area contributed by atoms with Crippen LogP contribution in [-0.2, 0) is 19.1 Å². The lowest BCUT2D eigenvalue weighted by atomic mass is 10.6. The topological polar surface area (TPSA) is 95.7 Å². The summed E-state index contributed by atoms with van der Waals surface area (Å²) in [5.74, 6) is -1.41. The van der Waals surface area contributed by atoms with Crippen LogP contribution in [0.25, 0.3) is 0 Å². The summed E-state index contributed by atoms with van der Waals surface area (Å²) in [6, 6.07) is 1.49.